The van der Waals surface area contributed by atoms with Gasteiger partial charge in [0.15, 0.2) is 0 Å². The first kappa shape index (κ1) is 11.8. The normalized spacial score (nSPS) is 11.2. The molecule has 0 fully saturated rings. The first-order valence-corrected chi connectivity index (χ1v) is 5.60. The Kier molecular flexibility index (Phi) is 2.98. The van der Waals surface area contributed by atoms with Crippen molar-refractivity contribution in [2.45, 2.75) is 26.7 Å². The second kappa shape index (κ2) is 4.30. The number of nitrogens with two attached hydrogens (primary N) is 1. The summed E-state index contributed by atoms with van der Waals surface area (Å²) >= 11 is 0. The zero-order valence-corrected chi connectivity index (χ0v) is 10.2. The Hall–Kier alpha value is -1.68. The third kappa shape index (κ3) is 2.08. The Morgan fingerprint density at radius 1 is 1.29 bits per heavy atom. The fourth-order valence-corrected chi connectivity index (χ4v) is 1.86. The maximum absolute atomic E-state index is 13.9. The number of aromatic nitrogens is 1. The first-order valence-electron chi connectivity index (χ1n) is 5.60. The summed E-state index contributed by atoms with van der Waals surface area (Å²) < 4.78 is 13.9. The Bertz CT molecular complexity index is 564. The number of rotatable bonds is 2. The number of anilines is 1. The Morgan fingerprint density at radius 2 is 2.00 bits per heavy atom. The smallest absolute Gasteiger partial charge is 0.149 e. The van der Waals surface area contributed by atoms with Crippen LogP contribution in [-0.4, -0.2) is 4.98 Å². The van der Waals surface area contributed by atoms with Crippen LogP contribution in [0.2, 0.25) is 0 Å². The van der Waals surface area contributed by atoms with Crippen LogP contribution in [0.25, 0.3) is 10.9 Å². The molecule has 0 bridgehead atoms. The first-order chi connectivity index (χ1) is 8.02. The summed E-state index contributed by atoms with van der Waals surface area (Å²) in [6.07, 6.45) is 0. The standard InChI is InChI=1S/C13H16FN3/c1-7(2)11-6-12(17-15)9-4-8(3)5-10(14)13(9)16-11/h4-7H,15H2,1-3H3,(H,16,17). The average molecular weight is 233 g/mol. The van der Waals surface area contributed by atoms with Crippen molar-refractivity contribution in [3.05, 3.63) is 35.3 Å². The summed E-state index contributed by atoms with van der Waals surface area (Å²) in [5, 5.41) is 0.717. The van der Waals surface area contributed by atoms with Crippen LogP contribution < -0.4 is 11.3 Å². The summed E-state index contributed by atoms with van der Waals surface area (Å²) in [7, 11) is 0. The van der Waals surface area contributed by atoms with Gasteiger partial charge in [-0.2, -0.15) is 0 Å². The lowest BCUT2D eigenvalue weighted by Crippen LogP contribution is -2.09. The SMILES string of the molecule is Cc1cc(F)c2nc(C(C)C)cc(NN)c2c1. The van der Waals surface area contributed by atoms with E-state index in [2.05, 4.69) is 10.4 Å². The summed E-state index contributed by atoms with van der Waals surface area (Å²) in [6.45, 7) is 5.88. The van der Waals surface area contributed by atoms with E-state index in [-0.39, 0.29) is 11.7 Å². The number of hydrogen-bond donors (Lipinski definition) is 2. The van der Waals surface area contributed by atoms with E-state index >= 15 is 0 Å². The highest BCUT2D eigenvalue weighted by molar-refractivity contribution is 5.92. The van der Waals surface area contributed by atoms with E-state index in [4.69, 9.17) is 5.84 Å². The van der Waals surface area contributed by atoms with E-state index in [1.807, 2.05) is 32.9 Å². The van der Waals surface area contributed by atoms with Crippen LogP contribution in [0.5, 0.6) is 0 Å². The predicted octanol–water partition coefficient (Wildman–Crippen LogP) is 3.09. The van der Waals surface area contributed by atoms with E-state index in [9.17, 15) is 4.39 Å². The van der Waals surface area contributed by atoms with E-state index in [1.54, 1.807) is 0 Å². The monoisotopic (exact) mass is 233 g/mol. The van der Waals surface area contributed by atoms with E-state index in [0.29, 0.717) is 11.2 Å². The van der Waals surface area contributed by atoms with Crippen LogP contribution in [0.4, 0.5) is 10.1 Å². The van der Waals surface area contributed by atoms with Gasteiger partial charge in [-0.05, 0) is 36.6 Å². The molecule has 0 spiro atoms. The third-order valence-corrected chi connectivity index (χ3v) is 2.78. The maximum Gasteiger partial charge on any atom is 0.149 e. The summed E-state index contributed by atoms with van der Waals surface area (Å²) in [4.78, 5) is 4.35. The van der Waals surface area contributed by atoms with Crippen LogP contribution in [-0.2, 0) is 0 Å². The highest BCUT2D eigenvalue weighted by Crippen LogP contribution is 2.28. The lowest BCUT2D eigenvalue weighted by atomic mass is 10.0. The number of benzene rings is 1. The zero-order chi connectivity index (χ0) is 12.6. The summed E-state index contributed by atoms with van der Waals surface area (Å²) in [5.74, 6) is 5.41. The molecule has 0 saturated heterocycles. The fourth-order valence-electron chi connectivity index (χ4n) is 1.86. The number of halogens is 1. The average Bonchev–Trinajstić information content (AvgIpc) is 2.27. The number of hydrazine groups is 1. The second-order valence-electron chi connectivity index (χ2n) is 4.54. The molecule has 3 N–H and O–H groups in total. The molecule has 0 saturated carbocycles. The molecule has 1 aromatic heterocycles. The number of nitrogens with zero attached hydrogens (tertiary/aromatic N) is 1. The highest BCUT2D eigenvalue weighted by atomic mass is 19.1. The number of nitrogens with one attached hydrogen (secondary N) is 1. The van der Waals surface area contributed by atoms with Crippen LogP contribution in [0.1, 0.15) is 31.0 Å². The van der Waals surface area contributed by atoms with Gasteiger partial charge < -0.3 is 5.43 Å². The number of nitrogen functional groups attached to an aromatic ring is 1. The number of aryl methyl sites for hydroxylation is 1. The Morgan fingerprint density at radius 3 is 2.59 bits per heavy atom. The molecular formula is C13H16FN3. The van der Waals surface area contributed by atoms with Gasteiger partial charge in [0, 0.05) is 11.1 Å². The minimum Gasteiger partial charge on any atom is -0.323 e. The van der Waals surface area contributed by atoms with Crippen molar-refractivity contribution in [1.82, 2.24) is 4.98 Å². The van der Waals surface area contributed by atoms with Crippen LogP contribution in [0.15, 0.2) is 18.2 Å². The van der Waals surface area contributed by atoms with Crippen LogP contribution >= 0.6 is 0 Å². The minimum atomic E-state index is -0.306. The lowest BCUT2D eigenvalue weighted by Gasteiger charge is -2.12. The van der Waals surface area contributed by atoms with Crippen molar-refractivity contribution < 1.29 is 4.39 Å². The molecule has 0 aliphatic heterocycles. The van der Waals surface area contributed by atoms with Crippen LogP contribution in [0.3, 0.4) is 0 Å². The molecule has 0 aliphatic rings. The quantitative estimate of drug-likeness (QED) is 0.619. The van der Waals surface area contributed by atoms with Gasteiger partial charge >= 0.3 is 0 Å². The van der Waals surface area contributed by atoms with Crippen molar-refractivity contribution in [2.24, 2.45) is 5.84 Å². The van der Waals surface area contributed by atoms with Crippen molar-refractivity contribution in [3.8, 4) is 0 Å². The minimum absolute atomic E-state index is 0.229. The van der Waals surface area contributed by atoms with Gasteiger partial charge in [0.25, 0.3) is 0 Å². The highest BCUT2D eigenvalue weighted by Gasteiger charge is 2.11. The van der Waals surface area contributed by atoms with Gasteiger partial charge in [-0.15, -0.1) is 0 Å². The predicted molar refractivity (Wildman–Crippen MR) is 68.3 cm³/mol. The van der Waals surface area contributed by atoms with Gasteiger partial charge in [0.2, 0.25) is 0 Å². The fraction of sp³-hybridized carbons (Fsp3) is 0.308. The molecule has 1 heterocycles. The number of fused-ring (bicyclic) bond motifs is 1. The van der Waals surface area contributed by atoms with Crippen molar-refractivity contribution >= 4 is 16.6 Å². The van der Waals surface area contributed by atoms with Crippen molar-refractivity contribution in [1.29, 1.82) is 0 Å². The molecule has 0 aliphatic carbocycles. The Labute approximate surface area is 99.8 Å². The van der Waals surface area contributed by atoms with E-state index < -0.39 is 0 Å². The summed E-state index contributed by atoms with van der Waals surface area (Å²) in [6, 6.07) is 5.23. The third-order valence-electron chi connectivity index (χ3n) is 2.78. The van der Waals surface area contributed by atoms with Crippen LogP contribution in [0, 0.1) is 12.7 Å². The lowest BCUT2D eigenvalue weighted by molar-refractivity contribution is 0.634. The molecule has 2 aromatic rings. The van der Waals surface area contributed by atoms with E-state index in [0.717, 1.165) is 16.6 Å². The van der Waals surface area contributed by atoms with Crippen molar-refractivity contribution in [3.63, 3.8) is 0 Å². The topological polar surface area (TPSA) is 50.9 Å². The molecule has 0 radical (unpaired) electrons. The summed E-state index contributed by atoms with van der Waals surface area (Å²) in [5.41, 5.74) is 5.37. The molecule has 4 heteroatoms. The molecule has 0 unspecified atom stereocenters. The van der Waals surface area contributed by atoms with Gasteiger partial charge in [-0.3, -0.25) is 5.84 Å². The van der Waals surface area contributed by atoms with Crippen molar-refractivity contribution in [2.75, 3.05) is 5.43 Å². The molecule has 17 heavy (non-hydrogen) atoms. The van der Waals surface area contributed by atoms with Gasteiger partial charge in [-0.25, -0.2) is 9.37 Å². The Balaban J connectivity index is 2.82. The van der Waals surface area contributed by atoms with E-state index in [1.165, 1.54) is 6.07 Å². The molecule has 0 amide bonds. The molecule has 2 rings (SSSR count). The van der Waals surface area contributed by atoms with Gasteiger partial charge in [0.05, 0.1) is 5.69 Å². The molecule has 1 aromatic carbocycles. The molecule has 0 atom stereocenters. The molecule has 3 nitrogen and oxygen atoms in total. The second-order valence-corrected chi connectivity index (χ2v) is 4.54. The molecular weight excluding hydrogens is 217 g/mol. The zero-order valence-electron chi connectivity index (χ0n) is 10.2. The maximum atomic E-state index is 13.9. The largest absolute Gasteiger partial charge is 0.323 e. The van der Waals surface area contributed by atoms with Gasteiger partial charge in [0.1, 0.15) is 11.3 Å². The number of hydrogen-bond acceptors (Lipinski definition) is 3. The molecule has 90 valence electrons. The number of pyridine rings is 1. The van der Waals surface area contributed by atoms with Gasteiger partial charge in [-0.1, -0.05) is 13.8 Å².